The van der Waals surface area contributed by atoms with Gasteiger partial charge in [-0.15, -0.1) is 0 Å². The fourth-order valence-electron chi connectivity index (χ4n) is 4.88. The van der Waals surface area contributed by atoms with Gasteiger partial charge in [0.1, 0.15) is 11.4 Å². The monoisotopic (exact) mass is 509 g/mol. The number of hydrogen-bond donors (Lipinski definition) is 1. The second-order valence-corrected chi connectivity index (χ2v) is 9.39. The summed E-state index contributed by atoms with van der Waals surface area (Å²) in [5, 5.41) is 12.0. The SMILES string of the molecule is CCOC(=O)COc1cccc(C[C@@]2(O)CCCC=C2c2nc(-c3ccccc3)c(-c3ccccc3)o2)c1. The number of rotatable bonds is 9. The van der Waals surface area contributed by atoms with Crippen molar-refractivity contribution in [3.05, 3.63) is 102 Å². The van der Waals surface area contributed by atoms with E-state index in [1.54, 1.807) is 13.0 Å². The van der Waals surface area contributed by atoms with Crippen LogP contribution < -0.4 is 4.74 Å². The lowest BCUT2D eigenvalue weighted by atomic mass is 9.78. The minimum atomic E-state index is -1.16. The van der Waals surface area contributed by atoms with Crippen molar-refractivity contribution < 1.29 is 23.8 Å². The molecule has 0 aliphatic heterocycles. The van der Waals surface area contributed by atoms with E-state index < -0.39 is 11.6 Å². The van der Waals surface area contributed by atoms with Crippen molar-refractivity contribution in [1.82, 2.24) is 4.98 Å². The summed E-state index contributed by atoms with van der Waals surface area (Å²) in [7, 11) is 0. The van der Waals surface area contributed by atoms with E-state index in [0.29, 0.717) is 42.4 Å². The van der Waals surface area contributed by atoms with Crippen LogP contribution in [0.15, 0.2) is 95.4 Å². The van der Waals surface area contributed by atoms with Crippen molar-refractivity contribution in [2.45, 2.75) is 38.2 Å². The van der Waals surface area contributed by atoms with Crippen LogP contribution in [-0.4, -0.2) is 34.9 Å². The molecule has 3 aromatic carbocycles. The summed E-state index contributed by atoms with van der Waals surface area (Å²) in [6.07, 6.45) is 4.68. The molecule has 1 N–H and O–H groups in total. The molecule has 6 nitrogen and oxygen atoms in total. The van der Waals surface area contributed by atoms with Crippen LogP contribution >= 0.6 is 0 Å². The number of allylic oxidation sites excluding steroid dienone is 1. The van der Waals surface area contributed by atoms with Gasteiger partial charge in [0.15, 0.2) is 12.4 Å². The summed E-state index contributed by atoms with van der Waals surface area (Å²) in [6.45, 7) is 1.91. The van der Waals surface area contributed by atoms with E-state index in [-0.39, 0.29) is 6.61 Å². The molecule has 0 radical (unpaired) electrons. The van der Waals surface area contributed by atoms with E-state index >= 15 is 0 Å². The smallest absolute Gasteiger partial charge is 0.344 e. The number of nitrogens with zero attached hydrogens (tertiary/aromatic N) is 1. The highest BCUT2D eigenvalue weighted by atomic mass is 16.6. The maximum Gasteiger partial charge on any atom is 0.344 e. The summed E-state index contributed by atoms with van der Waals surface area (Å²) >= 11 is 0. The predicted molar refractivity (Wildman–Crippen MR) is 146 cm³/mol. The van der Waals surface area contributed by atoms with E-state index in [1.807, 2.05) is 84.9 Å². The van der Waals surface area contributed by atoms with Crippen molar-refractivity contribution in [2.24, 2.45) is 0 Å². The van der Waals surface area contributed by atoms with Crippen LogP contribution in [0, 0.1) is 0 Å². The first-order chi connectivity index (χ1) is 18.6. The summed E-state index contributed by atoms with van der Waals surface area (Å²) in [5.41, 5.74) is 3.05. The molecule has 0 unspecified atom stereocenters. The van der Waals surface area contributed by atoms with E-state index in [4.69, 9.17) is 18.9 Å². The molecule has 0 saturated heterocycles. The molecule has 1 aliphatic rings. The third-order valence-electron chi connectivity index (χ3n) is 6.64. The van der Waals surface area contributed by atoms with Gasteiger partial charge in [0.25, 0.3) is 0 Å². The average Bonchev–Trinajstić information content (AvgIpc) is 3.38. The van der Waals surface area contributed by atoms with Crippen LogP contribution in [0.2, 0.25) is 0 Å². The first-order valence-electron chi connectivity index (χ1n) is 13.0. The van der Waals surface area contributed by atoms with E-state index in [0.717, 1.165) is 35.2 Å². The molecule has 0 amide bonds. The third-order valence-corrected chi connectivity index (χ3v) is 6.64. The van der Waals surface area contributed by atoms with E-state index in [2.05, 4.69) is 0 Å². The molecule has 0 fully saturated rings. The van der Waals surface area contributed by atoms with Gasteiger partial charge in [0, 0.05) is 23.1 Å². The van der Waals surface area contributed by atoms with Crippen LogP contribution in [0.4, 0.5) is 0 Å². The van der Waals surface area contributed by atoms with Gasteiger partial charge in [-0.1, -0.05) is 78.9 Å². The highest BCUT2D eigenvalue weighted by Crippen LogP contribution is 2.42. The molecule has 1 aliphatic carbocycles. The fraction of sp³-hybridized carbons (Fsp3) is 0.250. The second kappa shape index (κ2) is 11.5. The molecule has 0 saturated carbocycles. The number of aromatic nitrogens is 1. The molecule has 5 rings (SSSR count). The van der Waals surface area contributed by atoms with Crippen molar-refractivity contribution in [3.63, 3.8) is 0 Å². The number of carbonyl (C=O) groups excluding carboxylic acids is 1. The minimum Gasteiger partial charge on any atom is -0.482 e. The average molecular weight is 510 g/mol. The zero-order valence-corrected chi connectivity index (χ0v) is 21.4. The molecule has 6 heteroatoms. The van der Waals surface area contributed by atoms with E-state index in [9.17, 15) is 9.90 Å². The number of oxazole rings is 1. The summed E-state index contributed by atoms with van der Waals surface area (Å²) in [6, 6.07) is 27.3. The van der Waals surface area contributed by atoms with Gasteiger partial charge in [0.2, 0.25) is 5.89 Å². The van der Waals surface area contributed by atoms with Crippen LogP contribution in [0.5, 0.6) is 5.75 Å². The topological polar surface area (TPSA) is 81.8 Å². The Labute approximate surface area is 222 Å². The van der Waals surface area contributed by atoms with Crippen LogP contribution in [0.1, 0.15) is 37.6 Å². The molecular weight excluding hydrogens is 478 g/mol. The number of benzene rings is 3. The lowest BCUT2D eigenvalue weighted by Crippen LogP contribution is -2.35. The van der Waals surface area contributed by atoms with Crippen LogP contribution in [0.25, 0.3) is 28.2 Å². The molecule has 194 valence electrons. The Morgan fingerprint density at radius 2 is 1.74 bits per heavy atom. The van der Waals surface area contributed by atoms with Gasteiger partial charge in [-0.05, 0) is 43.9 Å². The maximum absolute atomic E-state index is 12.0. The molecule has 1 heterocycles. The molecular formula is C32H31NO5. The van der Waals surface area contributed by atoms with Crippen molar-refractivity contribution >= 4 is 11.5 Å². The Balaban J connectivity index is 1.46. The largest absolute Gasteiger partial charge is 0.482 e. The predicted octanol–water partition coefficient (Wildman–Crippen LogP) is 6.49. The van der Waals surface area contributed by atoms with Crippen LogP contribution in [0.3, 0.4) is 0 Å². The quantitative estimate of drug-likeness (QED) is 0.260. The molecule has 4 aromatic rings. The molecule has 1 atom stereocenters. The van der Waals surface area contributed by atoms with Crippen molar-refractivity contribution in [2.75, 3.05) is 13.2 Å². The molecule has 0 spiro atoms. The van der Waals surface area contributed by atoms with Crippen LogP contribution in [-0.2, 0) is 16.0 Å². The molecule has 38 heavy (non-hydrogen) atoms. The number of esters is 1. The fourth-order valence-corrected chi connectivity index (χ4v) is 4.88. The first-order valence-corrected chi connectivity index (χ1v) is 13.0. The lowest BCUT2D eigenvalue weighted by Gasteiger charge is -2.32. The lowest BCUT2D eigenvalue weighted by molar-refractivity contribution is -0.145. The van der Waals surface area contributed by atoms with Gasteiger partial charge in [0.05, 0.1) is 12.2 Å². The van der Waals surface area contributed by atoms with Gasteiger partial charge in [-0.3, -0.25) is 0 Å². The van der Waals surface area contributed by atoms with Gasteiger partial charge in [-0.25, -0.2) is 9.78 Å². The zero-order chi connectivity index (χ0) is 26.4. The Morgan fingerprint density at radius 3 is 2.47 bits per heavy atom. The molecule has 1 aromatic heterocycles. The summed E-state index contributed by atoms with van der Waals surface area (Å²) < 4.78 is 17.0. The van der Waals surface area contributed by atoms with Crippen molar-refractivity contribution in [1.29, 1.82) is 0 Å². The zero-order valence-electron chi connectivity index (χ0n) is 21.4. The Hall–Kier alpha value is -4.16. The van der Waals surface area contributed by atoms with Gasteiger partial charge >= 0.3 is 5.97 Å². The Kier molecular flexibility index (Phi) is 7.70. The van der Waals surface area contributed by atoms with Crippen molar-refractivity contribution in [3.8, 4) is 28.3 Å². The third kappa shape index (κ3) is 5.71. The second-order valence-electron chi connectivity index (χ2n) is 9.39. The normalized spacial score (nSPS) is 17.1. The summed E-state index contributed by atoms with van der Waals surface area (Å²) in [5.74, 6) is 1.24. The molecule has 0 bridgehead atoms. The first kappa shape index (κ1) is 25.5. The highest BCUT2D eigenvalue weighted by Gasteiger charge is 2.38. The standard InChI is InChI=1S/C32H31NO5/c1-2-36-28(34)22-37-26-17-11-12-23(20-26)21-32(35)19-10-9-18-27(32)31-33-29(24-13-5-3-6-14-24)30(38-31)25-15-7-4-8-16-25/h3-8,11-18,20,35H,2,9-10,19,21-22H2,1H3/t32-/m0/s1. The van der Waals surface area contributed by atoms with Gasteiger partial charge < -0.3 is 19.0 Å². The minimum absolute atomic E-state index is 0.159. The number of aliphatic hydroxyl groups is 1. The Morgan fingerprint density at radius 1 is 1.00 bits per heavy atom. The number of hydrogen-bond acceptors (Lipinski definition) is 6. The van der Waals surface area contributed by atoms with E-state index in [1.165, 1.54) is 0 Å². The number of ether oxygens (including phenoxy) is 2. The number of carbonyl (C=O) groups is 1. The highest BCUT2D eigenvalue weighted by molar-refractivity contribution is 5.80. The summed E-state index contributed by atoms with van der Waals surface area (Å²) in [4.78, 5) is 16.6. The van der Waals surface area contributed by atoms with Gasteiger partial charge in [-0.2, -0.15) is 0 Å². The Bertz CT molecular complexity index is 1350. The maximum atomic E-state index is 12.0.